The Morgan fingerprint density at radius 1 is 1.05 bits per heavy atom. The summed E-state index contributed by atoms with van der Waals surface area (Å²) in [6.45, 7) is 2.04. The summed E-state index contributed by atoms with van der Waals surface area (Å²) in [5.41, 5.74) is 2.04. The number of carbonyl (C=O) groups excluding carboxylic acids is 2. The van der Waals surface area contributed by atoms with E-state index < -0.39 is 21.7 Å². The van der Waals surface area contributed by atoms with Crippen LogP contribution in [-0.2, 0) is 32.6 Å². The van der Waals surface area contributed by atoms with Crippen molar-refractivity contribution in [3.63, 3.8) is 0 Å². The van der Waals surface area contributed by atoms with Crippen LogP contribution in [0.15, 0.2) is 71.6 Å². The fourth-order valence-corrected chi connectivity index (χ4v) is 5.53. The van der Waals surface area contributed by atoms with Crippen molar-refractivity contribution in [2.45, 2.75) is 36.5 Å². The summed E-state index contributed by atoms with van der Waals surface area (Å²) in [6.07, 6.45) is 0.882. The smallest absolute Gasteiger partial charge is 0.264 e. The zero-order chi connectivity index (χ0) is 27.7. The largest absolute Gasteiger partial charge is 0.355 e. The molecule has 0 bridgehead atoms. The fourth-order valence-electron chi connectivity index (χ4n) is 3.80. The Kier molecular flexibility index (Phi) is 10.7. The zero-order valence-corrected chi connectivity index (χ0v) is 23.2. The van der Waals surface area contributed by atoms with Crippen molar-refractivity contribution in [1.29, 1.82) is 0 Å². The summed E-state index contributed by atoms with van der Waals surface area (Å²) in [4.78, 5) is 23.3. The summed E-state index contributed by atoms with van der Waals surface area (Å²) in [7, 11) is -4.10. The van der Waals surface area contributed by atoms with Gasteiger partial charge in [0.15, 0.2) is 0 Å². The van der Waals surface area contributed by atoms with Crippen LogP contribution >= 0.6 is 24.2 Å². The Labute approximate surface area is 232 Å². The number of sulfonamides is 1. The van der Waals surface area contributed by atoms with E-state index >= 15 is 0 Å². The molecule has 0 aliphatic rings. The summed E-state index contributed by atoms with van der Waals surface area (Å²) >= 11 is 10.5. The average molecular weight is 578 g/mol. The number of hydrogen-bond donors (Lipinski definition) is 4. The summed E-state index contributed by atoms with van der Waals surface area (Å²) in [6, 6.07) is 18.0. The molecule has 3 aromatic rings. The van der Waals surface area contributed by atoms with Crippen molar-refractivity contribution in [3.05, 3.63) is 88.7 Å². The molecule has 3 rings (SSSR count). The van der Waals surface area contributed by atoms with Crippen LogP contribution in [0.3, 0.4) is 0 Å². The number of benzene rings is 3. The lowest BCUT2D eigenvalue weighted by Gasteiger charge is -2.13. The van der Waals surface area contributed by atoms with Crippen LogP contribution in [0.1, 0.15) is 24.5 Å². The standard InChI is InChI=1S/C27H29ClFN3O4S2/c1-18(33)32-38(35,36)26-8-3-2-7-24(26)20-9-10-21(25(29)15-20)16-30-12-11-27(34)31-17-23(37)14-19-5-4-6-22(28)13-19/h2-10,13,15,23,30,37H,11-12,14,16-17H2,1H3,(H,31,34)(H,32,33)/t23-/m1/s1. The van der Waals surface area contributed by atoms with Crippen molar-refractivity contribution in [3.8, 4) is 11.1 Å². The fraction of sp³-hybridized carbons (Fsp3) is 0.259. The van der Waals surface area contributed by atoms with Crippen molar-refractivity contribution < 1.29 is 22.4 Å². The maximum atomic E-state index is 14.8. The highest BCUT2D eigenvalue weighted by Crippen LogP contribution is 2.28. The van der Waals surface area contributed by atoms with Crippen molar-refractivity contribution in [2.75, 3.05) is 13.1 Å². The molecule has 0 unspecified atom stereocenters. The van der Waals surface area contributed by atoms with Crippen LogP contribution < -0.4 is 15.4 Å². The topological polar surface area (TPSA) is 104 Å². The van der Waals surface area contributed by atoms with E-state index in [2.05, 4.69) is 23.3 Å². The minimum absolute atomic E-state index is 0.0589. The number of nitrogens with one attached hydrogen (secondary N) is 3. The third-order valence-corrected chi connectivity index (χ3v) is 7.65. The van der Waals surface area contributed by atoms with Gasteiger partial charge in [-0.25, -0.2) is 17.5 Å². The SMILES string of the molecule is CC(=O)NS(=O)(=O)c1ccccc1-c1ccc(CNCCC(=O)NC[C@H](S)Cc2cccc(Cl)c2)c(F)c1. The molecule has 3 N–H and O–H groups in total. The third-order valence-electron chi connectivity index (χ3n) is 5.56. The van der Waals surface area contributed by atoms with Gasteiger partial charge in [-0.05, 0) is 41.8 Å². The van der Waals surface area contributed by atoms with Crippen LogP contribution in [0.25, 0.3) is 11.1 Å². The molecule has 0 saturated heterocycles. The van der Waals surface area contributed by atoms with Gasteiger partial charge in [-0.3, -0.25) is 9.59 Å². The Morgan fingerprint density at radius 2 is 1.82 bits per heavy atom. The highest BCUT2D eigenvalue weighted by Gasteiger charge is 2.20. The van der Waals surface area contributed by atoms with Gasteiger partial charge in [0.25, 0.3) is 10.0 Å². The Balaban J connectivity index is 1.49. The Morgan fingerprint density at radius 3 is 2.53 bits per heavy atom. The number of hydrogen-bond acceptors (Lipinski definition) is 6. The van der Waals surface area contributed by atoms with E-state index in [1.807, 2.05) is 22.9 Å². The lowest BCUT2D eigenvalue weighted by molar-refractivity contribution is -0.121. The number of amides is 2. The number of carbonyl (C=O) groups is 2. The maximum Gasteiger partial charge on any atom is 0.264 e. The van der Waals surface area contributed by atoms with Gasteiger partial charge < -0.3 is 10.6 Å². The van der Waals surface area contributed by atoms with E-state index in [0.29, 0.717) is 35.7 Å². The summed E-state index contributed by atoms with van der Waals surface area (Å²) < 4.78 is 41.8. The highest BCUT2D eigenvalue weighted by molar-refractivity contribution is 7.90. The normalized spacial score (nSPS) is 12.1. The molecule has 0 heterocycles. The van der Waals surface area contributed by atoms with E-state index in [1.165, 1.54) is 18.2 Å². The highest BCUT2D eigenvalue weighted by atomic mass is 35.5. The molecule has 0 fully saturated rings. The molecule has 202 valence electrons. The van der Waals surface area contributed by atoms with E-state index in [9.17, 15) is 22.4 Å². The number of thiol groups is 1. The van der Waals surface area contributed by atoms with Crippen LogP contribution in [0.4, 0.5) is 4.39 Å². The first-order valence-electron chi connectivity index (χ1n) is 11.9. The van der Waals surface area contributed by atoms with Gasteiger partial charge in [-0.15, -0.1) is 0 Å². The zero-order valence-electron chi connectivity index (χ0n) is 20.7. The number of rotatable bonds is 12. The van der Waals surface area contributed by atoms with Gasteiger partial charge in [0.2, 0.25) is 11.8 Å². The molecule has 0 radical (unpaired) electrons. The molecule has 0 saturated carbocycles. The van der Waals surface area contributed by atoms with E-state index in [4.69, 9.17) is 11.6 Å². The molecule has 0 aliphatic carbocycles. The lowest BCUT2D eigenvalue weighted by atomic mass is 10.0. The predicted octanol–water partition coefficient (Wildman–Crippen LogP) is 4.11. The first-order valence-corrected chi connectivity index (χ1v) is 14.2. The van der Waals surface area contributed by atoms with Crippen molar-refractivity contribution in [2.24, 2.45) is 0 Å². The summed E-state index contributed by atoms with van der Waals surface area (Å²) in [5, 5.41) is 6.49. The van der Waals surface area contributed by atoms with Gasteiger partial charge in [0.1, 0.15) is 5.82 Å². The molecular weight excluding hydrogens is 549 g/mol. The van der Waals surface area contributed by atoms with E-state index in [0.717, 1.165) is 12.5 Å². The third kappa shape index (κ3) is 8.83. The minimum Gasteiger partial charge on any atom is -0.355 e. The molecule has 0 spiro atoms. The molecule has 0 aromatic heterocycles. The second-order valence-corrected chi connectivity index (χ2v) is 11.5. The van der Waals surface area contributed by atoms with E-state index in [1.54, 1.807) is 30.3 Å². The maximum absolute atomic E-state index is 14.8. The molecular formula is C27H29ClFN3O4S2. The first-order chi connectivity index (χ1) is 18.0. The van der Waals surface area contributed by atoms with Gasteiger partial charge >= 0.3 is 0 Å². The van der Waals surface area contributed by atoms with Gasteiger partial charge in [-0.1, -0.05) is 54.1 Å². The van der Waals surface area contributed by atoms with Crippen molar-refractivity contribution >= 4 is 46.1 Å². The second kappa shape index (κ2) is 13.7. The monoisotopic (exact) mass is 577 g/mol. The van der Waals surface area contributed by atoms with Gasteiger partial charge in [-0.2, -0.15) is 12.6 Å². The average Bonchev–Trinajstić information content (AvgIpc) is 2.85. The summed E-state index contributed by atoms with van der Waals surface area (Å²) in [5.74, 6) is -1.38. The van der Waals surface area contributed by atoms with Crippen LogP contribution in [0.5, 0.6) is 0 Å². The first kappa shape index (κ1) is 29.6. The Bertz CT molecular complexity index is 1400. The molecule has 3 aromatic carbocycles. The number of halogens is 2. The van der Waals surface area contributed by atoms with Crippen LogP contribution in [0, 0.1) is 5.82 Å². The molecule has 0 aliphatic heterocycles. The van der Waals surface area contributed by atoms with Gasteiger partial charge in [0, 0.05) is 54.4 Å². The molecule has 1 atom stereocenters. The predicted molar refractivity (Wildman–Crippen MR) is 150 cm³/mol. The molecule has 38 heavy (non-hydrogen) atoms. The minimum atomic E-state index is -4.10. The van der Waals surface area contributed by atoms with Gasteiger partial charge in [0.05, 0.1) is 4.90 Å². The lowest BCUT2D eigenvalue weighted by Crippen LogP contribution is -2.32. The molecule has 2 amide bonds. The Hall–Kier alpha value is -2.92. The van der Waals surface area contributed by atoms with E-state index in [-0.39, 0.29) is 34.6 Å². The molecule has 11 heteroatoms. The van der Waals surface area contributed by atoms with Crippen LogP contribution in [0.2, 0.25) is 5.02 Å². The molecule has 7 nitrogen and oxygen atoms in total. The van der Waals surface area contributed by atoms with Crippen molar-refractivity contribution in [1.82, 2.24) is 15.4 Å². The quantitative estimate of drug-likeness (QED) is 0.192. The second-order valence-electron chi connectivity index (χ2n) is 8.68. The van der Waals surface area contributed by atoms with Crippen LogP contribution in [-0.4, -0.2) is 38.6 Å².